The van der Waals surface area contributed by atoms with Gasteiger partial charge in [0.05, 0.1) is 23.7 Å². The molecule has 0 radical (unpaired) electrons. The molecule has 0 saturated heterocycles. The molecule has 0 spiro atoms. The summed E-state index contributed by atoms with van der Waals surface area (Å²) in [6.45, 7) is 2.26. The molecule has 1 aliphatic heterocycles. The van der Waals surface area contributed by atoms with Gasteiger partial charge in [-0.3, -0.25) is 14.4 Å². The Bertz CT molecular complexity index is 878. The number of furan rings is 1. The van der Waals surface area contributed by atoms with Crippen molar-refractivity contribution in [1.29, 1.82) is 0 Å². The summed E-state index contributed by atoms with van der Waals surface area (Å²) in [7, 11) is 1.90. The number of H-pyrrole nitrogens is 1. The molecule has 118 valence electrons. The van der Waals surface area contributed by atoms with Crippen molar-refractivity contribution in [1.82, 2.24) is 24.6 Å². The van der Waals surface area contributed by atoms with Gasteiger partial charge >= 0.3 is 0 Å². The van der Waals surface area contributed by atoms with E-state index in [1.54, 1.807) is 23.1 Å². The van der Waals surface area contributed by atoms with E-state index in [0.717, 1.165) is 36.3 Å². The van der Waals surface area contributed by atoms with E-state index in [1.165, 1.54) is 0 Å². The summed E-state index contributed by atoms with van der Waals surface area (Å²) in [4.78, 5) is 22.0. The van der Waals surface area contributed by atoms with Crippen molar-refractivity contribution in [3.8, 4) is 11.6 Å². The number of nitrogens with one attached hydrogen (secondary N) is 1. The number of aromatic amines is 1. The topological polar surface area (TPSA) is 80.0 Å². The molecule has 3 aromatic rings. The minimum absolute atomic E-state index is 0.0858. The van der Waals surface area contributed by atoms with Crippen LogP contribution in [0.4, 0.5) is 0 Å². The van der Waals surface area contributed by atoms with Crippen LogP contribution >= 0.6 is 0 Å². The van der Waals surface area contributed by atoms with Crippen molar-refractivity contribution < 1.29 is 4.42 Å². The standard InChI is InChI=1S/C16H17N5O2/c1-20-8-11(7-17-20)9-21-5-4-13-12(10-21)16(22)19-15(18-13)14-3-2-6-23-14/h2-3,6-8H,4-5,9-10H2,1H3,(H,18,19,22). The smallest absolute Gasteiger partial charge is 0.256 e. The lowest BCUT2D eigenvalue weighted by Gasteiger charge is -2.27. The molecule has 7 nitrogen and oxygen atoms in total. The highest BCUT2D eigenvalue weighted by Gasteiger charge is 2.22. The van der Waals surface area contributed by atoms with Crippen LogP contribution in [0.1, 0.15) is 16.8 Å². The van der Waals surface area contributed by atoms with Crippen LogP contribution in [0.2, 0.25) is 0 Å². The van der Waals surface area contributed by atoms with E-state index in [1.807, 2.05) is 19.4 Å². The number of hydrogen-bond donors (Lipinski definition) is 1. The maximum Gasteiger partial charge on any atom is 0.256 e. The van der Waals surface area contributed by atoms with Gasteiger partial charge in [-0.1, -0.05) is 0 Å². The number of nitrogens with zero attached hydrogens (tertiary/aromatic N) is 4. The van der Waals surface area contributed by atoms with Crippen molar-refractivity contribution >= 4 is 0 Å². The number of rotatable bonds is 3. The highest BCUT2D eigenvalue weighted by atomic mass is 16.3. The van der Waals surface area contributed by atoms with Gasteiger partial charge < -0.3 is 9.40 Å². The maximum absolute atomic E-state index is 12.4. The van der Waals surface area contributed by atoms with E-state index >= 15 is 0 Å². The zero-order chi connectivity index (χ0) is 15.8. The zero-order valence-corrected chi connectivity index (χ0v) is 12.8. The second-order valence-corrected chi connectivity index (χ2v) is 5.80. The Morgan fingerprint density at radius 1 is 1.43 bits per heavy atom. The molecule has 7 heteroatoms. The van der Waals surface area contributed by atoms with Gasteiger partial charge in [-0.25, -0.2) is 4.98 Å². The van der Waals surface area contributed by atoms with E-state index in [0.29, 0.717) is 18.1 Å². The summed E-state index contributed by atoms with van der Waals surface area (Å²) < 4.78 is 7.10. The number of fused-ring (bicyclic) bond motifs is 1. The summed E-state index contributed by atoms with van der Waals surface area (Å²) in [6, 6.07) is 3.58. The van der Waals surface area contributed by atoms with Crippen LogP contribution in [0, 0.1) is 0 Å². The predicted molar refractivity (Wildman–Crippen MR) is 83.6 cm³/mol. The van der Waals surface area contributed by atoms with Crippen molar-refractivity contribution in [2.45, 2.75) is 19.5 Å². The van der Waals surface area contributed by atoms with Crippen LogP contribution in [0.3, 0.4) is 0 Å². The summed E-state index contributed by atoms with van der Waals surface area (Å²) in [5.74, 6) is 1.09. The summed E-state index contributed by atoms with van der Waals surface area (Å²) in [5.41, 5.74) is 2.67. The Labute approximate surface area is 132 Å². The molecule has 0 atom stereocenters. The van der Waals surface area contributed by atoms with E-state index in [2.05, 4.69) is 20.0 Å². The average Bonchev–Trinajstić information content (AvgIpc) is 3.20. The lowest BCUT2D eigenvalue weighted by atomic mass is 10.1. The lowest BCUT2D eigenvalue weighted by molar-refractivity contribution is 0.241. The van der Waals surface area contributed by atoms with Gasteiger partial charge in [-0.15, -0.1) is 0 Å². The Kier molecular flexibility index (Phi) is 3.34. The SMILES string of the molecule is Cn1cc(CN2CCc3nc(-c4ccco4)[nH]c(=O)c3C2)cn1. The zero-order valence-electron chi connectivity index (χ0n) is 12.8. The summed E-state index contributed by atoms with van der Waals surface area (Å²) in [5, 5.41) is 4.18. The van der Waals surface area contributed by atoms with Crippen molar-refractivity contribution in [2.24, 2.45) is 7.05 Å². The molecule has 23 heavy (non-hydrogen) atoms. The normalized spacial score (nSPS) is 14.8. The van der Waals surface area contributed by atoms with Gasteiger partial charge in [0.15, 0.2) is 11.6 Å². The van der Waals surface area contributed by atoms with E-state index < -0.39 is 0 Å². The first kappa shape index (κ1) is 14.0. The largest absolute Gasteiger partial charge is 0.461 e. The van der Waals surface area contributed by atoms with Gasteiger partial charge in [0.25, 0.3) is 5.56 Å². The molecule has 1 N–H and O–H groups in total. The highest BCUT2D eigenvalue weighted by molar-refractivity contribution is 5.46. The molecule has 0 amide bonds. The molecule has 0 saturated carbocycles. The summed E-state index contributed by atoms with van der Waals surface area (Å²) in [6.07, 6.45) is 6.19. The fraction of sp³-hybridized carbons (Fsp3) is 0.312. The van der Waals surface area contributed by atoms with E-state index in [-0.39, 0.29) is 5.56 Å². The predicted octanol–water partition coefficient (Wildman–Crippen LogP) is 1.32. The molecule has 0 bridgehead atoms. The third-order valence-electron chi connectivity index (χ3n) is 4.07. The Morgan fingerprint density at radius 2 is 2.35 bits per heavy atom. The highest BCUT2D eigenvalue weighted by Crippen LogP contribution is 2.20. The third kappa shape index (κ3) is 2.70. The van der Waals surface area contributed by atoms with E-state index in [9.17, 15) is 4.79 Å². The van der Waals surface area contributed by atoms with E-state index in [4.69, 9.17) is 4.42 Å². The first-order valence-corrected chi connectivity index (χ1v) is 7.55. The summed E-state index contributed by atoms with van der Waals surface area (Å²) >= 11 is 0. The number of aromatic nitrogens is 4. The van der Waals surface area contributed by atoms with Crippen LogP contribution in [-0.2, 0) is 26.6 Å². The first-order chi connectivity index (χ1) is 11.2. The lowest BCUT2D eigenvalue weighted by Crippen LogP contribution is -2.35. The molecule has 0 fully saturated rings. The second kappa shape index (κ2) is 5.51. The molecule has 4 heterocycles. The van der Waals surface area contributed by atoms with Crippen LogP contribution in [0.25, 0.3) is 11.6 Å². The molecule has 3 aromatic heterocycles. The fourth-order valence-electron chi connectivity index (χ4n) is 2.96. The molecule has 0 aliphatic carbocycles. The molecule has 1 aliphatic rings. The number of aryl methyl sites for hydroxylation is 1. The van der Waals surface area contributed by atoms with Gasteiger partial charge in [0, 0.05) is 44.9 Å². The van der Waals surface area contributed by atoms with Crippen LogP contribution in [0.5, 0.6) is 0 Å². The Morgan fingerprint density at radius 3 is 3.09 bits per heavy atom. The van der Waals surface area contributed by atoms with Gasteiger partial charge in [-0.05, 0) is 12.1 Å². The molecular formula is C16H17N5O2. The van der Waals surface area contributed by atoms with Crippen molar-refractivity contribution in [2.75, 3.05) is 6.54 Å². The Hall–Kier alpha value is -2.67. The fourth-order valence-corrected chi connectivity index (χ4v) is 2.96. The van der Waals surface area contributed by atoms with Crippen molar-refractivity contribution in [3.63, 3.8) is 0 Å². The van der Waals surface area contributed by atoms with Gasteiger partial charge in [0.1, 0.15) is 0 Å². The first-order valence-electron chi connectivity index (χ1n) is 7.55. The Balaban J connectivity index is 1.59. The second-order valence-electron chi connectivity index (χ2n) is 5.80. The minimum Gasteiger partial charge on any atom is -0.461 e. The minimum atomic E-state index is -0.0858. The van der Waals surface area contributed by atoms with Crippen molar-refractivity contribution in [3.05, 3.63) is 58.0 Å². The third-order valence-corrected chi connectivity index (χ3v) is 4.07. The monoisotopic (exact) mass is 311 g/mol. The van der Waals surface area contributed by atoms with Gasteiger partial charge in [0.2, 0.25) is 0 Å². The van der Waals surface area contributed by atoms with Crippen LogP contribution in [-0.4, -0.2) is 31.2 Å². The van der Waals surface area contributed by atoms with Gasteiger partial charge in [-0.2, -0.15) is 5.10 Å². The maximum atomic E-state index is 12.4. The molecule has 0 unspecified atom stereocenters. The molecule has 4 rings (SSSR count). The quantitative estimate of drug-likeness (QED) is 0.789. The number of hydrogen-bond acceptors (Lipinski definition) is 5. The van der Waals surface area contributed by atoms with Crippen LogP contribution < -0.4 is 5.56 Å². The molecule has 0 aromatic carbocycles. The average molecular weight is 311 g/mol. The molecular weight excluding hydrogens is 294 g/mol. The van der Waals surface area contributed by atoms with Crippen LogP contribution in [0.15, 0.2) is 40.0 Å².